The molecule has 0 spiro atoms. The van der Waals surface area contributed by atoms with Gasteiger partial charge in [0.25, 0.3) is 11.8 Å². The molecule has 0 heterocycles. The fraction of sp³-hybridized carbons (Fsp3) is 0.500. The lowest BCUT2D eigenvalue weighted by atomic mass is 10.1. The maximum atomic E-state index is 12.1. The van der Waals surface area contributed by atoms with Crippen molar-refractivity contribution in [3.8, 4) is 0 Å². The first kappa shape index (κ1) is 16.2. The number of unbranched alkanes of at least 4 members (excludes halogenated alkanes) is 1. The molecule has 0 saturated carbocycles. The van der Waals surface area contributed by atoms with Crippen molar-refractivity contribution in [1.29, 1.82) is 0 Å². The molecule has 2 amide bonds. The smallest absolute Gasteiger partial charge is 0.251 e. The van der Waals surface area contributed by atoms with Crippen LogP contribution in [0.15, 0.2) is 24.3 Å². The maximum Gasteiger partial charge on any atom is 0.251 e. The number of carbonyl (C=O) groups excluding carboxylic acids is 2. The van der Waals surface area contributed by atoms with E-state index in [4.69, 9.17) is 0 Å². The second-order valence-corrected chi connectivity index (χ2v) is 5.89. The normalized spacial score (nSPS) is 11.0. The fourth-order valence-electron chi connectivity index (χ4n) is 1.70. The molecular weight excluding hydrogens is 252 g/mol. The standard InChI is InChI=1S/C16H24N2O2/c1-5-6-10-17-14(19)12-8-7-9-13(11-12)15(20)18-16(2,3)4/h7-9,11H,5-6,10H2,1-4H3,(H,17,19)(H,18,20). The van der Waals surface area contributed by atoms with Crippen molar-refractivity contribution in [3.05, 3.63) is 35.4 Å². The van der Waals surface area contributed by atoms with E-state index in [-0.39, 0.29) is 17.4 Å². The number of carbonyl (C=O) groups is 2. The van der Waals surface area contributed by atoms with E-state index in [1.165, 1.54) is 0 Å². The van der Waals surface area contributed by atoms with Crippen LogP contribution in [0.5, 0.6) is 0 Å². The predicted octanol–water partition coefficient (Wildman–Crippen LogP) is 2.74. The van der Waals surface area contributed by atoms with Gasteiger partial charge in [0, 0.05) is 23.2 Å². The molecule has 0 atom stereocenters. The first-order valence-corrected chi connectivity index (χ1v) is 7.04. The predicted molar refractivity (Wildman–Crippen MR) is 80.9 cm³/mol. The summed E-state index contributed by atoms with van der Waals surface area (Å²) in [5.74, 6) is -0.301. The van der Waals surface area contributed by atoms with Crippen molar-refractivity contribution in [2.24, 2.45) is 0 Å². The van der Waals surface area contributed by atoms with Crippen LogP contribution in [0.25, 0.3) is 0 Å². The van der Waals surface area contributed by atoms with Gasteiger partial charge in [-0.3, -0.25) is 9.59 Å². The van der Waals surface area contributed by atoms with Crippen molar-refractivity contribution in [3.63, 3.8) is 0 Å². The van der Waals surface area contributed by atoms with Crippen LogP contribution in [0.4, 0.5) is 0 Å². The Morgan fingerprint density at radius 1 is 1.10 bits per heavy atom. The molecule has 0 aliphatic carbocycles. The monoisotopic (exact) mass is 276 g/mol. The molecule has 0 bridgehead atoms. The second kappa shape index (κ2) is 7.08. The Morgan fingerprint density at radius 2 is 1.70 bits per heavy atom. The number of rotatable bonds is 5. The molecule has 1 aromatic carbocycles. The van der Waals surface area contributed by atoms with Gasteiger partial charge in [0.05, 0.1) is 0 Å². The second-order valence-electron chi connectivity index (χ2n) is 5.89. The number of hydrogen-bond acceptors (Lipinski definition) is 2. The lowest BCUT2D eigenvalue weighted by molar-refractivity contribution is 0.0919. The van der Waals surface area contributed by atoms with E-state index >= 15 is 0 Å². The van der Waals surface area contributed by atoms with Crippen LogP contribution in [0.3, 0.4) is 0 Å². The van der Waals surface area contributed by atoms with Crippen LogP contribution < -0.4 is 10.6 Å². The summed E-state index contributed by atoms with van der Waals surface area (Å²) in [5.41, 5.74) is 0.724. The minimum atomic E-state index is -0.295. The van der Waals surface area contributed by atoms with Crippen LogP contribution in [0, 0.1) is 0 Å². The molecule has 1 rings (SSSR count). The fourth-order valence-corrected chi connectivity index (χ4v) is 1.70. The molecular formula is C16H24N2O2. The summed E-state index contributed by atoms with van der Waals surface area (Å²) in [6, 6.07) is 6.79. The number of amides is 2. The van der Waals surface area contributed by atoms with Gasteiger partial charge in [-0.15, -0.1) is 0 Å². The number of nitrogens with one attached hydrogen (secondary N) is 2. The molecule has 0 aromatic heterocycles. The summed E-state index contributed by atoms with van der Waals surface area (Å²) in [5, 5.41) is 5.73. The SMILES string of the molecule is CCCCNC(=O)c1cccc(C(=O)NC(C)(C)C)c1. The van der Waals surface area contributed by atoms with Crippen LogP contribution in [0.2, 0.25) is 0 Å². The Labute approximate surface area is 121 Å². The average molecular weight is 276 g/mol. The summed E-state index contributed by atoms with van der Waals surface area (Å²) in [7, 11) is 0. The minimum Gasteiger partial charge on any atom is -0.352 e. The van der Waals surface area contributed by atoms with Crippen LogP contribution in [-0.2, 0) is 0 Å². The lowest BCUT2D eigenvalue weighted by Crippen LogP contribution is -2.40. The summed E-state index contributed by atoms with van der Waals surface area (Å²) in [4.78, 5) is 24.0. The summed E-state index contributed by atoms with van der Waals surface area (Å²) >= 11 is 0. The van der Waals surface area contributed by atoms with E-state index in [1.807, 2.05) is 20.8 Å². The molecule has 0 saturated heterocycles. The van der Waals surface area contributed by atoms with Crippen molar-refractivity contribution in [1.82, 2.24) is 10.6 Å². The Hall–Kier alpha value is -1.84. The highest BCUT2D eigenvalue weighted by Gasteiger charge is 2.16. The van der Waals surface area contributed by atoms with E-state index in [2.05, 4.69) is 17.6 Å². The molecule has 110 valence electrons. The molecule has 0 unspecified atom stereocenters. The molecule has 4 heteroatoms. The van der Waals surface area contributed by atoms with Gasteiger partial charge in [0.1, 0.15) is 0 Å². The van der Waals surface area contributed by atoms with Gasteiger partial charge in [-0.05, 0) is 45.4 Å². The van der Waals surface area contributed by atoms with Crippen molar-refractivity contribution in [2.45, 2.75) is 46.1 Å². The number of hydrogen-bond donors (Lipinski definition) is 2. The quantitative estimate of drug-likeness (QED) is 0.812. The Bertz CT molecular complexity index is 476. The molecule has 0 radical (unpaired) electrons. The zero-order valence-corrected chi connectivity index (χ0v) is 12.7. The molecule has 0 fully saturated rings. The average Bonchev–Trinajstić information content (AvgIpc) is 2.37. The molecule has 4 nitrogen and oxygen atoms in total. The van der Waals surface area contributed by atoms with Crippen molar-refractivity contribution >= 4 is 11.8 Å². The van der Waals surface area contributed by atoms with Gasteiger partial charge < -0.3 is 10.6 Å². The third kappa shape index (κ3) is 5.43. The van der Waals surface area contributed by atoms with E-state index < -0.39 is 0 Å². The molecule has 20 heavy (non-hydrogen) atoms. The third-order valence-electron chi connectivity index (χ3n) is 2.69. The van der Waals surface area contributed by atoms with E-state index in [1.54, 1.807) is 24.3 Å². The van der Waals surface area contributed by atoms with Crippen molar-refractivity contribution < 1.29 is 9.59 Å². The van der Waals surface area contributed by atoms with Gasteiger partial charge in [-0.2, -0.15) is 0 Å². The maximum absolute atomic E-state index is 12.1. The van der Waals surface area contributed by atoms with Gasteiger partial charge in [0.15, 0.2) is 0 Å². The van der Waals surface area contributed by atoms with Gasteiger partial charge in [-0.25, -0.2) is 0 Å². The topological polar surface area (TPSA) is 58.2 Å². The highest BCUT2D eigenvalue weighted by atomic mass is 16.2. The Kier molecular flexibility index (Phi) is 5.74. The zero-order chi connectivity index (χ0) is 15.2. The van der Waals surface area contributed by atoms with Gasteiger partial charge >= 0.3 is 0 Å². The van der Waals surface area contributed by atoms with Crippen molar-refractivity contribution in [2.75, 3.05) is 6.54 Å². The molecule has 2 N–H and O–H groups in total. The van der Waals surface area contributed by atoms with E-state index in [9.17, 15) is 9.59 Å². The van der Waals surface area contributed by atoms with Gasteiger partial charge in [-0.1, -0.05) is 19.4 Å². The summed E-state index contributed by atoms with van der Waals surface area (Å²) in [6.45, 7) is 8.50. The minimum absolute atomic E-state index is 0.135. The first-order valence-electron chi connectivity index (χ1n) is 7.04. The highest BCUT2D eigenvalue weighted by molar-refractivity contribution is 5.99. The van der Waals surface area contributed by atoms with E-state index in [0.29, 0.717) is 17.7 Å². The van der Waals surface area contributed by atoms with Crippen LogP contribution >= 0.6 is 0 Å². The van der Waals surface area contributed by atoms with Crippen LogP contribution in [0.1, 0.15) is 61.3 Å². The first-order chi connectivity index (χ1) is 9.33. The highest BCUT2D eigenvalue weighted by Crippen LogP contribution is 2.08. The summed E-state index contributed by atoms with van der Waals surface area (Å²) in [6.07, 6.45) is 1.99. The zero-order valence-electron chi connectivity index (χ0n) is 12.7. The molecule has 0 aliphatic rings. The third-order valence-corrected chi connectivity index (χ3v) is 2.69. The van der Waals surface area contributed by atoms with E-state index in [0.717, 1.165) is 12.8 Å². The summed E-state index contributed by atoms with van der Waals surface area (Å²) < 4.78 is 0. The molecule has 1 aromatic rings. The Morgan fingerprint density at radius 3 is 2.25 bits per heavy atom. The number of benzene rings is 1. The van der Waals surface area contributed by atoms with Gasteiger partial charge in [0.2, 0.25) is 0 Å². The Balaban J connectivity index is 2.75. The van der Waals surface area contributed by atoms with Crippen LogP contribution in [-0.4, -0.2) is 23.9 Å². The largest absolute Gasteiger partial charge is 0.352 e. The lowest BCUT2D eigenvalue weighted by Gasteiger charge is -2.20. The molecule has 0 aliphatic heterocycles.